The molecule has 0 bridgehead atoms. The van der Waals surface area contributed by atoms with Crippen LogP contribution < -0.4 is 0 Å². The Morgan fingerprint density at radius 2 is 1.83 bits per heavy atom. The molecule has 2 N–H and O–H groups in total. The van der Waals surface area contributed by atoms with Crippen molar-refractivity contribution in [3.8, 4) is 22.8 Å². The van der Waals surface area contributed by atoms with Gasteiger partial charge in [0.1, 0.15) is 11.3 Å². The van der Waals surface area contributed by atoms with E-state index in [2.05, 4.69) is 0 Å². The molecule has 1 aromatic heterocycles. The number of rotatable bonds is 1. The third kappa shape index (κ3) is 1.69. The highest BCUT2D eigenvalue weighted by Crippen LogP contribution is 2.38. The first-order chi connectivity index (χ1) is 8.65. The van der Waals surface area contributed by atoms with Crippen molar-refractivity contribution in [3.05, 3.63) is 47.5 Å². The standard InChI is InChI=1S/C14H9ClO3/c15-9-4-5-12-8(6-9)7-13(18-12)10-2-1-3-11(16)14(10)17/h1-7,16-17H. The van der Waals surface area contributed by atoms with Crippen LogP contribution in [0.2, 0.25) is 5.02 Å². The van der Waals surface area contributed by atoms with Crippen LogP contribution >= 0.6 is 11.6 Å². The van der Waals surface area contributed by atoms with Gasteiger partial charge in [0.25, 0.3) is 0 Å². The van der Waals surface area contributed by atoms with Gasteiger partial charge in [-0.1, -0.05) is 17.7 Å². The van der Waals surface area contributed by atoms with Crippen molar-refractivity contribution in [1.82, 2.24) is 0 Å². The number of halogens is 1. The summed E-state index contributed by atoms with van der Waals surface area (Å²) in [5.41, 5.74) is 1.12. The Balaban J connectivity index is 2.22. The summed E-state index contributed by atoms with van der Waals surface area (Å²) < 4.78 is 5.62. The predicted octanol–water partition coefficient (Wildman–Crippen LogP) is 4.16. The summed E-state index contributed by atoms with van der Waals surface area (Å²) in [6, 6.07) is 11.8. The molecule has 2 aromatic carbocycles. The van der Waals surface area contributed by atoms with Gasteiger partial charge in [0.2, 0.25) is 0 Å². The number of phenols is 2. The third-order valence-corrected chi connectivity index (χ3v) is 2.99. The van der Waals surface area contributed by atoms with Crippen LogP contribution in [0.4, 0.5) is 0 Å². The summed E-state index contributed by atoms with van der Waals surface area (Å²) in [5, 5.41) is 20.7. The van der Waals surface area contributed by atoms with E-state index in [-0.39, 0.29) is 11.5 Å². The summed E-state index contributed by atoms with van der Waals surface area (Å²) in [5.74, 6) is 0.120. The van der Waals surface area contributed by atoms with Crippen LogP contribution in [0, 0.1) is 0 Å². The van der Waals surface area contributed by atoms with E-state index >= 15 is 0 Å². The van der Waals surface area contributed by atoms with E-state index in [1.807, 2.05) is 0 Å². The lowest BCUT2D eigenvalue weighted by Gasteiger charge is -2.02. The van der Waals surface area contributed by atoms with E-state index in [4.69, 9.17) is 16.0 Å². The smallest absolute Gasteiger partial charge is 0.168 e. The van der Waals surface area contributed by atoms with Gasteiger partial charge in [0.05, 0.1) is 5.56 Å². The Morgan fingerprint density at radius 1 is 1.00 bits per heavy atom. The second-order valence-electron chi connectivity index (χ2n) is 3.97. The second-order valence-corrected chi connectivity index (χ2v) is 4.40. The molecule has 0 aliphatic carbocycles. The van der Waals surface area contributed by atoms with Crippen molar-refractivity contribution in [1.29, 1.82) is 0 Å². The van der Waals surface area contributed by atoms with Gasteiger partial charge in [-0.05, 0) is 36.4 Å². The first-order valence-corrected chi connectivity index (χ1v) is 5.73. The molecule has 0 amide bonds. The fraction of sp³-hybridized carbons (Fsp3) is 0. The van der Waals surface area contributed by atoms with Crippen molar-refractivity contribution >= 4 is 22.6 Å². The molecule has 1 heterocycles. The Bertz CT molecular complexity index is 731. The van der Waals surface area contributed by atoms with E-state index in [0.29, 0.717) is 21.9 Å². The van der Waals surface area contributed by atoms with Crippen LogP contribution in [0.25, 0.3) is 22.3 Å². The minimum Gasteiger partial charge on any atom is -0.504 e. The number of furan rings is 1. The largest absolute Gasteiger partial charge is 0.504 e. The maximum Gasteiger partial charge on any atom is 0.168 e. The molecule has 0 unspecified atom stereocenters. The molecule has 0 aliphatic heterocycles. The average molecular weight is 261 g/mol. The summed E-state index contributed by atoms with van der Waals surface area (Å²) >= 11 is 5.90. The van der Waals surface area contributed by atoms with E-state index in [1.54, 1.807) is 36.4 Å². The normalized spacial score (nSPS) is 10.9. The van der Waals surface area contributed by atoms with Gasteiger partial charge in [-0.2, -0.15) is 0 Å². The van der Waals surface area contributed by atoms with Crippen molar-refractivity contribution in [2.24, 2.45) is 0 Å². The number of phenolic OH excluding ortho intramolecular Hbond substituents is 2. The Hall–Kier alpha value is -2.13. The van der Waals surface area contributed by atoms with E-state index in [1.165, 1.54) is 6.07 Å². The highest BCUT2D eigenvalue weighted by atomic mass is 35.5. The summed E-state index contributed by atoms with van der Waals surface area (Å²) in [6.45, 7) is 0. The average Bonchev–Trinajstić information content (AvgIpc) is 2.75. The third-order valence-electron chi connectivity index (χ3n) is 2.76. The second kappa shape index (κ2) is 3.96. The first kappa shape index (κ1) is 11.0. The quantitative estimate of drug-likeness (QED) is 0.646. The van der Waals surface area contributed by atoms with Gasteiger partial charge in [0, 0.05) is 10.4 Å². The van der Waals surface area contributed by atoms with Crippen LogP contribution in [-0.2, 0) is 0 Å². The molecule has 0 spiro atoms. The van der Waals surface area contributed by atoms with Gasteiger partial charge in [-0.3, -0.25) is 0 Å². The summed E-state index contributed by atoms with van der Waals surface area (Å²) in [7, 11) is 0. The Morgan fingerprint density at radius 3 is 2.67 bits per heavy atom. The SMILES string of the molecule is Oc1cccc(-c2cc3cc(Cl)ccc3o2)c1O. The zero-order chi connectivity index (χ0) is 12.7. The molecule has 0 fully saturated rings. The van der Waals surface area contributed by atoms with E-state index < -0.39 is 0 Å². The van der Waals surface area contributed by atoms with Crippen molar-refractivity contribution in [2.75, 3.05) is 0 Å². The Kier molecular flexibility index (Phi) is 2.42. The molecular formula is C14H9ClO3. The lowest BCUT2D eigenvalue weighted by Crippen LogP contribution is -1.75. The number of para-hydroxylation sites is 1. The maximum absolute atomic E-state index is 9.79. The fourth-order valence-electron chi connectivity index (χ4n) is 1.88. The number of fused-ring (bicyclic) bond motifs is 1. The summed E-state index contributed by atoms with van der Waals surface area (Å²) in [6.07, 6.45) is 0. The molecule has 0 atom stereocenters. The van der Waals surface area contributed by atoms with Gasteiger partial charge < -0.3 is 14.6 Å². The van der Waals surface area contributed by atoms with Gasteiger partial charge in [-0.25, -0.2) is 0 Å². The molecule has 0 aliphatic rings. The molecule has 3 nitrogen and oxygen atoms in total. The van der Waals surface area contributed by atoms with Crippen LogP contribution in [0.1, 0.15) is 0 Å². The molecule has 90 valence electrons. The van der Waals surface area contributed by atoms with Crippen LogP contribution in [0.5, 0.6) is 11.5 Å². The monoisotopic (exact) mass is 260 g/mol. The van der Waals surface area contributed by atoms with Crippen LogP contribution in [-0.4, -0.2) is 10.2 Å². The predicted molar refractivity (Wildman–Crippen MR) is 70.0 cm³/mol. The molecular weight excluding hydrogens is 252 g/mol. The lowest BCUT2D eigenvalue weighted by atomic mass is 10.1. The molecule has 3 aromatic rings. The van der Waals surface area contributed by atoms with Crippen molar-refractivity contribution < 1.29 is 14.6 Å². The minimum atomic E-state index is -0.192. The van der Waals surface area contributed by atoms with Gasteiger partial charge in [0.15, 0.2) is 11.5 Å². The highest BCUT2D eigenvalue weighted by Gasteiger charge is 2.12. The zero-order valence-corrected chi connectivity index (χ0v) is 9.98. The molecule has 4 heteroatoms. The maximum atomic E-state index is 9.79. The van der Waals surface area contributed by atoms with Gasteiger partial charge in [-0.15, -0.1) is 0 Å². The van der Waals surface area contributed by atoms with E-state index in [0.717, 1.165) is 5.39 Å². The summed E-state index contributed by atoms with van der Waals surface area (Å²) in [4.78, 5) is 0. The molecule has 3 rings (SSSR count). The number of hydrogen-bond acceptors (Lipinski definition) is 3. The molecule has 0 radical (unpaired) electrons. The lowest BCUT2D eigenvalue weighted by molar-refractivity contribution is 0.404. The number of hydrogen-bond donors (Lipinski definition) is 2. The number of aromatic hydroxyl groups is 2. The number of benzene rings is 2. The first-order valence-electron chi connectivity index (χ1n) is 5.35. The van der Waals surface area contributed by atoms with Crippen molar-refractivity contribution in [3.63, 3.8) is 0 Å². The minimum absolute atomic E-state index is 0.175. The topological polar surface area (TPSA) is 53.6 Å². The van der Waals surface area contributed by atoms with Gasteiger partial charge >= 0.3 is 0 Å². The molecule has 0 saturated carbocycles. The van der Waals surface area contributed by atoms with E-state index in [9.17, 15) is 10.2 Å². The zero-order valence-electron chi connectivity index (χ0n) is 9.22. The highest BCUT2D eigenvalue weighted by molar-refractivity contribution is 6.31. The molecule has 18 heavy (non-hydrogen) atoms. The van der Waals surface area contributed by atoms with Crippen LogP contribution in [0.15, 0.2) is 46.9 Å². The van der Waals surface area contributed by atoms with Crippen molar-refractivity contribution in [2.45, 2.75) is 0 Å². The Labute approximate surface area is 108 Å². The fourth-order valence-corrected chi connectivity index (χ4v) is 2.06. The van der Waals surface area contributed by atoms with Crippen LogP contribution in [0.3, 0.4) is 0 Å². The molecule has 0 saturated heterocycles.